The summed E-state index contributed by atoms with van der Waals surface area (Å²) in [6, 6.07) is 14.9. The largest absolute Gasteiger partial charge is 0.497 e. The zero-order valence-corrected chi connectivity index (χ0v) is 13.5. The summed E-state index contributed by atoms with van der Waals surface area (Å²) in [5, 5.41) is 9.88. The number of H-pyrrole nitrogens is 1. The highest BCUT2D eigenvalue weighted by Gasteiger charge is 2.10. The van der Waals surface area contributed by atoms with Crippen LogP contribution in [0.5, 0.6) is 5.75 Å². The van der Waals surface area contributed by atoms with Crippen LogP contribution in [-0.2, 0) is 6.54 Å². The molecule has 1 aromatic heterocycles. The first-order chi connectivity index (χ1) is 11.7. The van der Waals surface area contributed by atoms with Crippen molar-refractivity contribution in [3.05, 3.63) is 65.5 Å². The quantitative estimate of drug-likeness (QED) is 0.757. The maximum Gasteiger partial charge on any atom is 0.251 e. The van der Waals surface area contributed by atoms with Gasteiger partial charge in [0.05, 0.1) is 13.7 Å². The Bertz CT molecular complexity index is 840. The molecular weight excluding hydrogens is 304 g/mol. The van der Waals surface area contributed by atoms with E-state index in [2.05, 4.69) is 20.5 Å². The predicted molar refractivity (Wildman–Crippen MR) is 90.7 cm³/mol. The molecule has 3 rings (SSSR count). The Morgan fingerprint density at radius 2 is 1.92 bits per heavy atom. The number of aromatic nitrogens is 3. The molecule has 1 amide bonds. The van der Waals surface area contributed by atoms with Crippen LogP contribution in [0.2, 0.25) is 0 Å². The molecule has 122 valence electrons. The number of amides is 1. The number of hydrogen-bond acceptors (Lipinski definition) is 4. The standard InChI is InChI=1S/C18H18N4O2/c1-12-5-3-4-6-15(12)18(23)19-11-16-20-17(22-21-16)13-7-9-14(24-2)10-8-13/h3-10H,11H2,1-2H3,(H,19,23)(H,20,21,22). The number of nitrogens with zero attached hydrogens (tertiary/aromatic N) is 2. The number of methoxy groups -OCH3 is 1. The summed E-state index contributed by atoms with van der Waals surface area (Å²) in [6.07, 6.45) is 0. The number of benzene rings is 2. The van der Waals surface area contributed by atoms with Crippen molar-refractivity contribution in [1.29, 1.82) is 0 Å². The molecule has 1 heterocycles. The van der Waals surface area contributed by atoms with Crippen molar-refractivity contribution < 1.29 is 9.53 Å². The third-order valence-electron chi connectivity index (χ3n) is 3.69. The Morgan fingerprint density at radius 1 is 1.17 bits per heavy atom. The van der Waals surface area contributed by atoms with Gasteiger partial charge in [-0.25, -0.2) is 4.98 Å². The van der Waals surface area contributed by atoms with Gasteiger partial charge in [-0.05, 0) is 42.8 Å². The van der Waals surface area contributed by atoms with Crippen molar-refractivity contribution in [3.63, 3.8) is 0 Å². The molecule has 0 saturated heterocycles. The maximum atomic E-state index is 12.2. The normalized spacial score (nSPS) is 10.4. The number of hydrogen-bond donors (Lipinski definition) is 2. The van der Waals surface area contributed by atoms with Crippen LogP contribution in [-0.4, -0.2) is 28.2 Å². The molecule has 0 aliphatic carbocycles. The van der Waals surface area contributed by atoms with Crippen LogP contribution >= 0.6 is 0 Å². The van der Waals surface area contributed by atoms with Crippen LogP contribution in [0.1, 0.15) is 21.7 Å². The Morgan fingerprint density at radius 3 is 2.62 bits per heavy atom. The number of ether oxygens (including phenoxy) is 1. The van der Waals surface area contributed by atoms with Crippen molar-refractivity contribution in [2.24, 2.45) is 0 Å². The first kappa shape index (κ1) is 15.7. The molecule has 3 aromatic rings. The molecule has 0 spiro atoms. The molecule has 0 atom stereocenters. The zero-order chi connectivity index (χ0) is 16.9. The van der Waals surface area contributed by atoms with Gasteiger partial charge in [0.25, 0.3) is 5.91 Å². The molecule has 6 nitrogen and oxygen atoms in total. The van der Waals surface area contributed by atoms with Crippen LogP contribution < -0.4 is 10.1 Å². The Balaban J connectivity index is 1.66. The van der Waals surface area contributed by atoms with E-state index in [4.69, 9.17) is 4.74 Å². The number of rotatable bonds is 5. The van der Waals surface area contributed by atoms with E-state index >= 15 is 0 Å². The van der Waals surface area contributed by atoms with Crippen molar-refractivity contribution in [2.75, 3.05) is 7.11 Å². The van der Waals surface area contributed by atoms with E-state index in [1.54, 1.807) is 13.2 Å². The average molecular weight is 322 g/mol. The van der Waals surface area contributed by atoms with E-state index < -0.39 is 0 Å². The van der Waals surface area contributed by atoms with E-state index in [1.165, 1.54) is 0 Å². The zero-order valence-electron chi connectivity index (χ0n) is 13.5. The molecule has 0 radical (unpaired) electrons. The number of aromatic amines is 1. The van der Waals surface area contributed by atoms with Crippen LogP contribution in [0.3, 0.4) is 0 Å². The highest BCUT2D eigenvalue weighted by atomic mass is 16.5. The maximum absolute atomic E-state index is 12.2. The molecule has 0 unspecified atom stereocenters. The van der Waals surface area contributed by atoms with Gasteiger partial charge in [-0.3, -0.25) is 9.89 Å². The SMILES string of the molecule is COc1ccc(-c2n[nH]c(CNC(=O)c3ccccc3C)n2)cc1. The van der Waals surface area contributed by atoms with Gasteiger partial charge in [0, 0.05) is 11.1 Å². The summed E-state index contributed by atoms with van der Waals surface area (Å²) in [7, 11) is 1.62. The Hall–Kier alpha value is -3.15. The van der Waals surface area contributed by atoms with E-state index in [1.807, 2.05) is 49.4 Å². The highest BCUT2D eigenvalue weighted by Crippen LogP contribution is 2.18. The van der Waals surface area contributed by atoms with Gasteiger partial charge in [0.1, 0.15) is 11.6 Å². The van der Waals surface area contributed by atoms with Gasteiger partial charge in [-0.2, -0.15) is 5.10 Å². The molecule has 0 aliphatic rings. The van der Waals surface area contributed by atoms with E-state index in [0.29, 0.717) is 17.2 Å². The third-order valence-corrected chi connectivity index (χ3v) is 3.69. The fourth-order valence-electron chi connectivity index (χ4n) is 2.33. The minimum atomic E-state index is -0.129. The topological polar surface area (TPSA) is 79.9 Å². The van der Waals surface area contributed by atoms with Gasteiger partial charge >= 0.3 is 0 Å². The summed E-state index contributed by atoms with van der Waals surface area (Å²) in [5.74, 6) is 1.83. The third kappa shape index (κ3) is 3.43. The average Bonchev–Trinajstić information content (AvgIpc) is 3.09. The second-order valence-corrected chi connectivity index (χ2v) is 5.33. The van der Waals surface area contributed by atoms with Crippen LogP contribution in [0.15, 0.2) is 48.5 Å². The van der Waals surface area contributed by atoms with Crippen molar-refractivity contribution in [3.8, 4) is 17.1 Å². The van der Waals surface area contributed by atoms with E-state index in [-0.39, 0.29) is 12.5 Å². The summed E-state index contributed by atoms with van der Waals surface area (Å²) in [4.78, 5) is 16.6. The van der Waals surface area contributed by atoms with Gasteiger partial charge in [0.2, 0.25) is 0 Å². The summed E-state index contributed by atoms with van der Waals surface area (Å²) in [5.41, 5.74) is 2.47. The van der Waals surface area contributed by atoms with Crippen LogP contribution in [0.25, 0.3) is 11.4 Å². The molecule has 2 aromatic carbocycles. The molecule has 0 bridgehead atoms. The lowest BCUT2D eigenvalue weighted by Gasteiger charge is -2.05. The molecular formula is C18H18N4O2. The van der Waals surface area contributed by atoms with E-state index in [9.17, 15) is 4.79 Å². The number of nitrogens with one attached hydrogen (secondary N) is 2. The Kier molecular flexibility index (Phi) is 4.56. The minimum absolute atomic E-state index is 0.129. The van der Waals surface area contributed by atoms with Gasteiger partial charge in [-0.15, -0.1) is 0 Å². The first-order valence-electron chi connectivity index (χ1n) is 7.57. The minimum Gasteiger partial charge on any atom is -0.497 e. The number of aryl methyl sites for hydroxylation is 1. The first-order valence-corrected chi connectivity index (χ1v) is 7.57. The second kappa shape index (κ2) is 6.95. The molecule has 24 heavy (non-hydrogen) atoms. The monoisotopic (exact) mass is 322 g/mol. The predicted octanol–water partition coefficient (Wildman–Crippen LogP) is 2.72. The molecule has 0 saturated carbocycles. The van der Waals surface area contributed by atoms with Crippen LogP contribution in [0, 0.1) is 6.92 Å². The Labute approximate surface area is 139 Å². The summed E-state index contributed by atoms with van der Waals surface area (Å²) < 4.78 is 5.13. The molecule has 0 fully saturated rings. The lowest BCUT2D eigenvalue weighted by atomic mass is 10.1. The van der Waals surface area contributed by atoms with E-state index in [0.717, 1.165) is 16.9 Å². The van der Waals surface area contributed by atoms with Crippen molar-refractivity contribution >= 4 is 5.91 Å². The lowest BCUT2D eigenvalue weighted by molar-refractivity contribution is 0.0949. The fraction of sp³-hybridized carbons (Fsp3) is 0.167. The van der Waals surface area contributed by atoms with Gasteiger partial charge in [-0.1, -0.05) is 18.2 Å². The highest BCUT2D eigenvalue weighted by molar-refractivity contribution is 5.95. The fourth-order valence-corrected chi connectivity index (χ4v) is 2.33. The molecule has 0 aliphatic heterocycles. The van der Waals surface area contributed by atoms with Gasteiger partial charge in [0.15, 0.2) is 5.82 Å². The summed E-state index contributed by atoms with van der Waals surface area (Å²) in [6.45, 7) is 2.20. The lowest BCUT2D eigenvalue weighted by Crippen LogP contribution is -2.24. The van der Waals surface area contributed by atoms with Crippen molar-refractivity contribution in [2.45, 2.75) is 13.5 Å². The smallest absolute Gasteiger partial charge is 0.251 e. The van der Waals surface area contributed by atoms with Crippen LogP contribution in [0.4, 0.5) is 0 Å². The number of carbonyl (C=O) groups excluding carboxylic acids is 1. The second-order valence-electron chi connectivity index (χ2n) is 5.33. The molecule has 6 heteroatoms. The van der Waals surface area contributed by atoms with Crippen molar-refractivity contribution in [1.82, 2.24) is 20.5 Å². The molecule has 2 N–H and O–H groups in total. The number of carbonyl (C=O) groups is 1. The van der Waals surface area contributed by atoms with Gasteiger partial charge < -0.3 is 10.1 Å². The summed E-state index contributed by atoms with van der Waals surface area (Å²) >= 11 is 0.